The van der Waals surface area contributed by atoms with Crippen LogP contribution in [0.3, 0.4) is 0 Å². The van der Waals surface area contributed by atoms with E-state index in [1.165, 1.54) is 11.8 Å². The van der Waals surface area contributed by atoms with Crippen LogP contribution in [0.25, 0.3) is 0 Å². The molecule has 0 aromatic rings. The number of nitrogens with zero attached hydrogens (tertiary/aromatic N) is 2. The number of aliphatic hydroxyl groups is 1. The van der Waals surface area contributed by atoms with Crippen LogP contribution in [0.2, 0.25) is 0 Å². The van der Waals surface area contributed by atoms with E-state index in [4.69, 9.17) is 0 Å². The predicted octanol–water partition coefficient (Wildman–Crippen LogP) is 0.618. The Kier molecular flexibility index (Phi) is 4.13. The van der Waals surface area contributed by atoms with Crippen LogP contribution in [0.15, 0.2) is 0 Å². The maximum atomic E-state index is 12.1. The lowest BCUT2D eigenvalue weighted by Crippen LogP contribution is -2.56. The second-order valence-electron chi connectivity index (χ2n) is 6.01. The van der Waals surface area contributed by atoms with Crippen LogP contribution in [-0.4, -0.2) is 59.0 Å². The molecular formula is C14H24N2O3. The first-order chi connectivity index (χ1) is 8.92. The number of likely N-dealkylation sites (tertiary alicyclic amines) is 1. The molecule has 108 valence electrons. The summed E-state index contributed by atoms with van der Waals surface area (Å²) in [4.78, 5) is 26.5. The molecule has 1 heterocycles. The van der Waals surface area contributed by atoms with Gasteiger partial charge in [-0.05, 0) is 19.3 Å². The Labute approximate surface area is 114 Å². The van der Waals surface area contributed by atoms with Gasteiger partial charge in [-0.3, -0.25) is 9.59 Å². The number of amides is 2. The summed E-state index contributed by atoms with van der Waals surface area (Å²) in [5.74, 6) is 0.103. The monoisotopic (exact) mass is 268 g/mol. The van der Waals surface area contributed by atoms with Gasteiger partial charge in [0.25, 0.3) is 0 Å². The van der Waals surface area contributed by atoms with Crippen molar-refractivity contribution < 1.29 is 14.7 Å². The van der Waals surface area contributed by atoms with Crippen molar-refractivity contribution in [2.75, 3.05) is 26.7 Å². The molecular weight excluding hydrogens is 244 g/mol. The SMILES string of the molecule is CC(=O)N(C)CC(=O)N1CCC2(O)CCCCC2C1. The highest BCUT2D eigenvalue weighted by molar-refractivity contribution is 5.83. The molecule has 0 aromatic carbocycles. The van der Waals surface area contributed by atoms with E-state index in [1.54, 1.807) is 7.05 Å². The minimum Gasteiger partial charge on any atom is -0.389 e. The number of rotatable bonds is 2. The molecule has 2 aliphatic rings. The maximum absolute atomic E-state index is 12.1. The van der Waals surface area contributed by atoms with Crippen molar-refractivity contribution >= 4 is 11.8 Å². The summed E-state index contributed by atoms with van der Waals surface area (Å²) >= 11 is 0. The van der Waals surface area contributed by atoms with Crippen molar-refractivity contribution in [2.24, 2.45) is 5.92 Å². The molecule has 2 fully saturated rings. The van der Waals surface area contributed by atoms with Crippen molar-refractivity contribution in [2.45, 2.75) is 44.6 Å². The zero-order valence-corrected chi connectivity index (χ0v) is 11.9. The third kappa shape index (κ3) is 3.08. The van der Waals surface area contributed by atoms with E-state index in [9.17, 15) is 14.7 Å². The van der Waals surface area contributed by atoms with Crippen LogP contribution in [-0.2, 0) is 9.59 Å². The number of fused-ring (bicyclic) bond motifs is 1. The van der Waals surface area contributed by atoms with Crippen LogP contribution in [0.4, 0.5) is 0 Å². The highest BCUT2D eigenvalue weighted by Gasteiger charge is 2.43. The van der Waals surface area contributed by atoms with Gasteiger partial charge in [0.2, 0.25) is 11.8 Å². The van der Waals surface area contributed by atoms with E-state index in [1.807, 2.05) is 4.90 Å². The van der Waals surface area contributed by atoms with Crippen molar-refractivity contribution in [1.82, 2.24) is 9.80 Å². The number of carbonyl (C=O) groups is 2. The molecule has 0 spiro atoms. The third-order valence-corrected chi connectivity index (χ3v) is 4.69. The van der Waals surface area contributed by atoms with Gasteiger partial charge in [0.1, 0.15) is 0 Å². The number of likely N-dealkylation sites (N-methyl/N-ethyl adjacent to an activating group) is 1. The standard InChI is InChI=1S/C14H24N2O3/c1-11(17)15(2)10-13(18)16-8-7-14(19)6-4-3-5-12(14)9-16/h12,19H,3-10H2,1-2H3. The van der Waals surface area contributed by atoms with E-state index in [-0.39, 0.29) is 24.3 Å². The lowest BCUT2D eigenvalue weighted by atomic mass is 9.71. The lowest BCUT2D eigenvalue weighted by molar-refractivity contribution is -0.147. The van der Waals surface area contributed by atoms with Gasteiger partial charge in [-0.2, -0.15) is 0 Å². The molecule has 0 aromatic heterocycles. The molecule has 1 saturated carbocycles. The van der Waals surface area contributed by atoms with Gasteiger partial charge in [0.15, 0.2) is 0 Å². The molecule has 1 aliphatic heterocycles. The van der Waals surface area contributed by atoms with E-state index < -0.39 is 5.60 Å². The van der Waals surface area contributed by atoms with Crippen LogP contribution < -0.4 is 0 Å². The normalized spacial score (nSPS) is 30.7. The van der Waals surface area contributed by atoms with E-state index >= 15 is 0 Å². The van der Waals surface area contributed by atoms with Crippen molar-refractivity contribution in [3.8, 4) is 0 Å². The average Bonchev–Trinajstić information content (AvgIpc) is 2.37. The van der Waals surface area contributed by atoms with Crippen LogP contribution in [0, 0.1) is 5.92 Å². The zero-order chi connectivity index (χ0) is 14.0. The third-order valence-electron chi connectivity index (χ3n) is 4.69. The topological polar surface area (TPSA) is 60.9 Å². The minimum absolute atomic E-state index is 0.00896. The predicted molar refractivity (Wildman–Crippen MR) is 71.4 cm³/mol. The number of hydrogen-bond donors (Lipinski definition) is 1. The first kappa shape index (κ1) is 14.3. The molecule has 19 heavy (non-hydrogen) atoms. The Hall–Kier alpha value is -1.10. The summed E-state index contributed by atoms with van der Waals surface area (Å²) in [5.41, 5.74) is -0.554. The molecule has 0 radical (unpaired) electrons. The Bertz CT molecular complexity index is 372. The quantitative estimate of drug-likeness (QED) is 0.798. The van der Waals surface area contributed by atoms with Crippen molar-refractivity contribution in [3.05, 3.63) is 0 Å². The Morgan fingerprint density at radius 1 is 1.37 bits per heavy atom. The summed E-state index contributed by atoms with van der Waals surface area (Å²) in [7, 11) is 1.64. The van der Waals surface area contributed by atoms with Crippen molar-refractivity contribution in [3.63, 3.8) is 0 Å². The summed E-state index contributed by atoms with van der Waals surface area (Å²) in [6, 6.07) is 0. The maximum Gasteiger partial charge on any atom is 0.242 e. The lowest BCUT2D eigenvalue weighted by Gasteiger charge is -2.47. The molecule has 1 saturated heterocycles. The Morgan fingerprint density at radius 3 is 2.79 bits per heavy atom. The highest BCUT2D eigenvalue weighted by Crippen LogP contribution is 2.39. The molecule has 5 nitrogen and oxygen atoms in total. The molecule has 2 amide bonds. The Balaban J connectivity index is 1.93. The van der Waals surface area contributed by atoms with Gasteiger partial charge < -0.3 is 14.9 Å². The van der Waals surface area contributed by atoms with Gasteiger partial charge >= 0.3 is 0 Å². The molecule has 1 aliphatic carbocycles. The fourth-order valence-corrected chi connectivity index (χ4v) is 3.21. The second kappa shape index (κ2) is 5.49. The van der Waals surface area contributed by atoms with Gasteiger partial charge in [-0.15, -0.1) is 0 Å². The van der Waals surface area contributed by atoms with E-state index in [0.29, 0.717) is 19.5 Å². The molecule has 5 heteroatoms. The van der Waals surface area contributed by atoms with Gasteiger partial charge in [-0.25, -0.2) is 0 Å². The smallest absolute Gasteiger partial charge is 0.242 e. The van der Waals surface area contributed by atoms with E-state index in [0.717, 1.165) is 25.7 Å². The zero-order valence-electron chi connectivity index (χ0n) is 11.9. The summed E-state index contributed by atoms with van der Waals surface area (Å²) in [5, 5.41) is 10.6. The first-order valence-corrected chi connectivity index (χ1v) is 7.14. The fourth-order valence-electron chi connectivity index (χ4n) is 3.21. The molecule has 2 unspecified atom stereocenters. The molecule has 1 N–H and O–H groups in total. The number of hydrogen-bond acceptors (Lipinski definition) is 3. The molecule has 2 atom stereocenters. The summed E-state index contributed by atoms with van der Waals surface area (Å²) in [6.07, 6.45) is 4.78. The van der Waals surface area contributed by atoms with Crippen LogP contribution >= 0.6 is 0 Å². The van der Waals surface area contributed by atoms with Gasteiger partial charge in [-0.1, -0.05) is 12.8 Å². The van der Waals surface area contributed by atoms with Crippen molar-refractivity contribution in [1.29, 1.82) is 0 Å². The first-order valence-electron chi connectivity index (χ1n) is 7.14. The summed E-state index contributed by atoms with van der Waals surface area (Å²) < 4.78 is 0. The highest BCUT2D eigenvalue weighted by atomic mass is 16.3. The van der Waals surface area contributed by atoms with Crippen LogP contribution in [0.5, 0.6) is 0 Å². The van der Waals surface area contributed by atoms with E-state index in [2.05, 4.69) is 0 Å². The summed E-state index contributed by atoms with van der Waals surface area (Å²) in [6.45, 7) is 2.85. The molecule has 2 rings (SSSR count). The van der Waals surface area contributed by atoms with Gasteiger partial charge in [0.05, 0.1) is 12.1 Å². The fraction of sp³-hybridized carbons (Fsp3) is 0.857. The van der Waals surface area contributed by atoms with Crippen LogP contribution in [0.1, 0.15) is 39.0 Å². The molecule has 0 bridgehead atoms. The second-order valence-corrected chi connectivity index (χ2v) is 6.01. The van der Waals surface area contributed by atoms with Gasteiger partial charge in [0, 0.05) is 33.0 Å². The minimum atomic E-state index is -0.554. The number of carbonyl (C=O) groups excluding carboxylic acids is 2. The Morgan fingerprint density at radius 2 is 2.11 bits per heavy atom. The largest absolute Gasteiger partial charge is 0.389 e. The average molecular weight is 268 g/mol. The number of piperidine rings is 1.